The third kappa shape index (κ3) is 4.62. The fourth-order valence-electron chi connectivity index (χ4n) is 3.69. The highest BCUT2D eigenvalue weighted by molar-refractivity contribution is 7.89. The highest BCUT2D eigenvalue weighted by Gasteiger charge is 2.20. The molecule has 0 amide bonds. The second-order valence-electron chi connectivity index (χ2n) is 7.52. The molecule has 1 aliphatic heterocycles. The van der Waals surface area contributed by atoms with Gasteiger partial charge < -0.3 is 18.8 Å². The number of benzene rings is 2. The van der Waals surface area contributed by atoms with Gasteiger partial charge in [0.1, 0.15) is 13.2 Å². The second-order valence-corrected chi connectivity index (χ2v) is 9.08. The topological polar surface area (TPSA) is 127 Å². The van der Waals surface area contributed by atoms with Gasteiger partial charge in [-0.05, 0) is 56.3 Å². The minimum atomic E-state index is -3.87. The number of nitrogens with zero attached hydrogens (tertiary/aromatic N) is 1. The summed E-state index contributed by atoms with van der Waals surface area (Å²) in [5, 5.41) is 5.05. The van der Waals surface area contributed by atoms with Gasteiger partial charge in [-0.2, -0.15) is 0 Å². The summed E-state index contributed by atoms with van der Waals surface area (Å²) in [7, 11) is -3.87. The number of nitrogens with two attached hydrogens (primary N) is 1. The van der Waals surface area contributed by atoms with Crippen molar-refractivity contribution in [3.05, 3.63) is 71.0 Å². The van der Waals surface area contributed by atoms with Gasteiger partial charge in [0.05, 0.1) is 10.5 Å². The van der Waals surface area contributed by atoms with Crippen molar-refractivity contribution < 1.29 is 32.2 Å². The smallest absolute Gasteiger partial charge is 0.338 e. The first-order chi connectivity index (χ1) is 15.6. The van der Waals surface area contributed by atoms with Gasteiger partial charge in [-0.15, -0.1) is 0 Å². The van der Waals surface area contributed by atoms with E-state index < -0.39 is 22.6 Å². The summed E-state index contributed by atoms with van der Waals surface area (Å²) >= 11 is 0. The molecule has 33 heavy (non-hydrogen) atoms. The van der Waals surface area contributed by atoms with Crippen LogP contribution < -0.4 is 14.6 Å². The van der Waals surface area contributed by atoms with Crippen molar-refractivity contribution in [3.8, 4) is 17.2 Å². The summed E-state index contributed by atoms with van der Waals surface area (Å²) in [6.45, 7) is 4.20. The molecular weight excluding hydrogens is 448 g/mol. The Morgan fingerprint density at radius 2 is 1.67 bits per heavy atom. The maximum Gasteiger partial charge on any atom is 0.338 e. The van der Waals surface area contributed by atoms with E-state index >= 15 is 0 Å². The molecule has 2 N–H and O–H groups in total. The van der Waals surface area contributed by atoms with Gasteiger partial charge >= 0.3 is 5.97 Å². The van der Waals surface area contributed by atoms with Crippen molar-refractivity contribution in [2.75, 3.05) is 19.8 Å². The second kappa shape index (κ2) is 8.72. The molecule has 0 unspecified atom stereocenters. The molecule has 0 fully saturated rings. The predicted molar refractivity (Wildman–Crippen MR) is 119 cm³/mol. The van der Waals surface area contributed by atoms with Crippen molar-refractivity contribution in [1.82, 2.24) is 4.57 Å². The van der Waals surface area contributed by atoms with E-state index in [9.17, 15) is 18.0 Å². The van der Waals surface area contributed by atoms with Gasteiger partial charge in [0.2, 0.25) is 15.8 Å². The summed E-state index contributed by atoms with van der Waals surface area (Å²) < 4.78 is 40.9. The standard InChI is InChI=1S/C23H22N2O7S/c1-14-11-19(15(2)25(14)17-5-8-21-22(12-17)31-10-9-30-21)20(26)13-32-23(27)16-3-6-18(7-4-16)33(24,28)29/h3-8,11-12H,9-10,13H2,1-2H3,(H2,24,28,29). The minimum absolute atomic E-state index is 0.108. The number of ether oxygens (including phenoxy) is 3. The molecule has 0 bridgehead atoms. The lowest BCUT2D eigenvalue weighted by atomic mass is 10.1. The number of sulfonamides is 1. The Hall–Kier alpha value is -3.63. The van der Waals surface area contributed by atoms with Crippen molar-refractivity contribution in [2.24, 2.45) is 5.14 Å². The molecule has 10 heteroatoms. The first-order valence-corrected chi connectivity index (χ1v) is 11.6. The summed E-state index contributed by atoms with van der Waals surface area (Å²) in [6.07, 6.45) is 0. The fourth-order valence-corrected chi connectivity index (χ4v) is 4.20. The van der Waals surface area contributed by atoms with Gasteiger partial charge in [0, 0.05) is 28.7 Å². The molecule has 2 aromatic carbocycles. The highest BCUT2D eigenvalue weighted by Crippen LogP contribution is 2.33. The number of primary sulfonamides is 1. The van der Waals surface area contributed by atoms with E-state index in [1.807, 2.05) is 36.6 Å². The highest BCUT2D eigenvalue weighted by atomic mass is 32.2. The first-order valence-electron chi connectivity index (χ1n) is 10.1. The van der Waals surface area contributed by atoms with Crippen LogP contribution in [0.4, 0.5) is 0 Å². The first kappa shape index (κ1) is 22.6. The number of ketones is 1. The molecule has 0 aliphatic carbocycles. The Labute approximate surface area is 190 Å². The number of Topliss-reactive ketones (excluding diaryl/α,β-unsaturated/α-hetero) is 1. The number of carbonyl (C=O) groups is 2. The van der Waals surface area contributed by atoms with E-state index in [1.165, 1.54) is 24.3 Å². The van der Waals surface area contributed by atoms with E-state index in [4.69, 9.17) is 19.3 Å². The normalized spacial score (nSPS) is 12.9. The van der Waals surface area contributed by atoms with Gasteiger partial charge in [0.15, 0.2) is 18.1 Å². The maximum absolute atomic E-state index is 12.8. The number of hydrogen-bond acceptors (Lipinski definition) is 7. The number of esters is 1. The van der Waals surface area contributed by atoms with Crippen LogP contribution in [0.15, 0.2) is 53.4 Å². The van der Waals surface area contributed by atoms with Crippen LogP contribution in [-0.4, -0.2) is 44.6 Å². The van der Waals surface area contributed by atoms with E-state index in [0.717, 1.165) is 11.4 Å². The molecule has 3 aromatic rings. The quantitative estimate of drug-likeness (QED) is 0.433. The SMILES string of the molecule is Cc1cc(C(=O)COC(=O)c2ccc(S(N)(=O)=O)cc2)c(C)n1-c1ccc2c(c1)OCCO2. The van der Waals surface area contributed by atoms with Crippen molar-refractivity contribution in [3.63, 3.8) is 0 Å². The number of aryl methyl sites for hydroxylation is 1. The van der Waals surface area contributed by atoms with Crippen LogP contribution in [0.2, 0.25) is 0 Å². The molecule has 0 radical (unpaired) electrons. The molecule has 0 atom stereocenters. The number of hydrogen-bond donors (Lipinski definition) is 1. The molecule has 172 valence electrons. The molecule has 1 aliphatic rings. The third-order valence-electron chi connectivity index (χ3n) is 5.27. The monoisotopic (exact) mass is 470 g/mol. The molecular formula is C23H22N2O7S. The summed E-state index contributed by atoms with van der Waals surface area (Å²) in [6, 6.07) is 12.3. The Bertz CT molecular complexity index is 1340. The summed E-state index contributed by atoms with van der Waals surface area (Å²) in [5.41, 5.74) is 2.89. The van der Waals surface area contributed by atoms with Gasteiger partial charge in [-0.3, -0.25) is 4.79 Å². The lowest BCUT2D eigenvalue weighted by Crippen LogP contribution is -2.16. The van der Waals surface area contributed by atoms with Crippen LogP contribution in [0, 0.1) is 13.8 Å². The van der Waals surface area contributed by atoms with E-state index in [2.05, 4.69) is 0 Å². The van der Waals surface area contributed by atoms with Crippen LogP contribution in [0.25, 0.3) is 5.69 Å². The number of fused-ring (bicyclic) bond motifs is 1. The van der Waals surface area contributed by atoms with E-state index in [-0.39, 0.29) is 16.2 Å². The molecule has 1 aromatic heterocycles. The zero-order chi connectivity index (χ0) is 23.8. The fraction of sp³-hybridized carbons (Fsp3) is 0.217. The van der Waals surface area contributed by atoms with Gasteiger partial charge in [0.25, 0.3) is 0 Å². The number of rotatable bonds is 6. The molecule has 0 saturated heterocycles. The van der Waals surface area contributed by atoms with Crippen molar-refractivity contribution in [2.45, 2.75) is 18.7 Å². The van der Waals surface area contributed by atoms with E-state index in [0.29, 0.717) is 36.0 Å². The van der Waals surface area contributed by atoms with Crippen LogP contribution in [0.1, 0.15) is 32.1 Å². The molecule has 9 nitrogen and oxygen atoms in total. The lowest BCUT2D eigenvalue weighted by Gasteiger charge is -2.20. The molecule has 4 rings (SSSR count). The van der Waals surface area contributed by atoms with Crippen molar-refractivity contribution in [1.29, 1.82) is 0 Å². The third-order valence-corrected chi connectivity index (χ3v) is 6.20. The molecule has 0 saturated carbocycles. The van der Waals surface area contributed by atoms with E-state index in [1.54, 1.807) is 6.07 Å². The van der Waals surface area contributed by atoms with Crippen LogP contribution in [0.5, 0.6) is 11.5 Å². The average Bonchev–Trinajstić information content (AvgIpc) is 3.10. The van der Waals surface area contributed by atoms with Gasteiger partial charge in [-0.25, -0.2) is 18.4 Å². The Kier molecular flexibility index (Phi) is 5.96. The van der Waals surface area contributed by atoms with Gasteiger partial charge in [-0.1, -0.05) is 0 Å². The maximum atomic E-state index is 12.8. The largest absolute Gasteiger partial charge is 0.486 e. The average molecular weight is 471 g/mol. The zero-order valence-corrected chi connectivity index (χ0v) is 18.8. The van der Waals surface area contributed by atoms with Crippen LogP contribution >= 0.6 is 0 Å². The Morgan fingerprint density at radius 1 is 1.00 bits per heavy atom. The molecule has 0 spiro atoms. The zero-order valence-electron chi connectivity index (χ0n) is 18.0. The predicted octanol–water partition coefficient (Wildman–Crippen LogP) is 2.55. The number of aromatic nitrogens is 1. The Balaban J connectivity index is 1.49. The van der Waals surface area contributed by atoms with Crippen LogP contribution in [0.3, 0.4) is 0 Å². The Morgan fingerprint density at radius 3 is 2.33 bits per heavy atom. The molecule has 2 heterocycles. The van der Waals surface area contributed by atoms with Crippen LogP contribution in [-0.2, 0) is 14.8 Å². The summed E-state index contributed by atoms with van der Waals surface area (Å²) in [5.74, 6) is 0.209. The lowest BCUT2D eigenvalue weighted by molar-refractivity contribution is 0.0474. The van der Waals surface area contributed by atoms with Crippen molar-refractivity contribution >= 4 is 21.8 Å². The summed E-state index contributed by atoms with van der Waals surface area (Å²) in [4.78, 5) is 24.9. The minimum Gasteiger partial charge on any atom is -0.486 e. The number of carbonyl (C=O) groups excluding carboxylic acids is 2.